The molecule has 2 unspecified atom stereocenters. The molecule has 588 valence electrons. The second-order valence-corrected chi connectivity index (χ2v) is 29.4. The summed E-state index contributed by atoms with van der Waals surface area (Å²) in [4.78, 5) is 37.8. The van der Waals surface area contributed by atoms with E-state index in [1.165, 1.54) is 205 Å². The molecule has 0 amide bonds. The van der Waals surface area contributed by atoms with Crippen LogP contribution in [0, 0.1) is 0 Å². The molecule has 0 heterocycles. The van der Waals surface area contributed by atoms with Gasteiger partial charge in [0, 0.05) is 12.8 Å². The quantitative estimate of drug-likeness (QED) is 0.0211. The van der Waals surface area contributed by atoms with Crippen LogP contribution in [0.1, 0.15) is 361 Å². The molecule has 0 saturated heterocycles. The molecule has 9 nitrogen and oxygen atoms in total. The van der Waals surface area contributed by atoms with Crippen molar-refractivity contribution in [3.63, 3.8) is 0 Å². The summed E-state index contributed by atoms with van der Waals surface area (Å²) in [6.07, 6.45) is 120. The van der Waals surface area contributed by atoms with Crippen LogP contribution in [0.2, 0.25) is 0 Å². The second-order valence-electron chi connectivity index (χ2n) is 29.4. The molecular weight excluding hydrogens is 1270 g/mol. The molecule has 0 fully saturated rings. The highest BCUT2D eigenvalue weighted by Gasteiger charge is 2.25. The van der Waals surface area contributed by atoms with Gasteiger partial charge in [0.15, 0.2) is 6.10 Å². The number of ether oxygens (including phenoxy) is 4. The molecule has 0 aromatic heterocycles. The van der Waals surface area contributed by atoms with Crippen molar-refractivity contribution in [1.29, 1.82) is 0 Å². The summed E-state index contributed by atoms with van der Waals surface area (Å²) in [7, 11) is 5.98. The highest BCUT2D eigenvalue weighted by molar-refractivity contribution is 5.71. The number of likely N-dealkylation sites (N-methyl/N-ethyl adjacent to an activating group) is 1. The summed E-state index contributed by atoms with van der Waals surface area (Å²) < 4.78 is 23.1. The second kappa shape index (κ2) is 82.6. The fraction of sp³-hybridized carbons (Fsp3) is 0.691. The summed E-state index contributed by atoms with van der Waals surface area (Å²) in [5, 5.41) is 9.79. The minimum absolute atomic E-state index is 0.182. The number of quaternary nitrogens is 1. The largest absolute Gasteiger partial charge is 0.477 e. The molecule has 0 spiro atoms. The average Bonchev–Trinajstić information content (AvgIpc) is 1.01. The van der Waals surface area contributed by atoms with E-state index in [1.807, 2.05) is 21.1 Å². The topological polar surface area (TPSA) is 108 Å². The lowest BCUT2D eigenvalue weighted by atomic mass is 10.0. The van der Waals surface area contributed by atoms with Crippen LogP contribution in [-0.2, 0) is 33.3 Å². The monoisotopic (exact) mass is 1430 g/mol. The molecule has 0 bridgehead atoms. The van der Waals surface area contributed by atoms with Crippen molar-refractivity contribution < 1.29 is 42.9 Å². The Morgan fingerprint density at radius 1 is 0.301 bits per heavy atom. The molecule has 0 aromatic rings. The number of hydrogen-bond donors (Lipinski definition) is 1. The van der Waals surface area contributed by atoms with Gasteiger partial charge in [0.1, 0.15) is 13.2 Å². The first-order chi connectivity index (χ1) is 50.6. The number of aliphatic carboxylic acids is 1. The number of unbranched alkanes of at least 4 members (excludes halogenated alkanes) is 37. The van der Waals surface area contributed by atoms with Crippen LogP contribution in [0.15, 0.2) is 158 Å². The summed E-state index contributed by atoms with van der Waals surface area (Å²) in [5.74, 6) is -2.00. The average molecular weight is 1430 g/mol. The molecule has 0 radical (unpaired) electrons. The third kappa shape index (κ3) is 84.1. The van der Waals surface area contributed by atoms with Gasteiger partial charge >= 0.3 is 17.9 Å². The van der Waals surface area contributed by atoms with Gasteiger partial charge in [-0.1, -0.05) is 377 Å². The van der Waals surface area contributed by atoms with E-state index >= 15 is 0 Å². The minimum atomic E-state index is -1.52. The van der Waals surface area contributed by atoms with E-state index in [2.05, 4.69) is 172 Å². The molecule has 2 atom stereocenters. The Labute approximate surface area is 635 Å². The van der Waals surface area contributed by atoms with E-state index in [-0.39, 0.29) is 32.2 Å². The minimum Gasteiger partial charge on any atom is -0.477 e. The molecule has 0 aromatic carbocycles. The Bertz CT molecular complexity index is 2270. The normalized spacial score (nSPS) is 13.4. The van der Waals surface area contributed by atoms with Crippen LogP contribution in [0.4, 0.5) is 0 Å². The van der Waals surface area contributed by atoms with Crippen molar-refractivity contribution in [2.24, 2.45) is 0 Å². The van der Waals surface area contributed by atoms with Crippen LogP contribution in [0.25, 0.3) is 0 Å². The molecule has 0 aliphatic rings. The number of rotatable bonds is 78. The molecule has 1 N–H and O–H groups in total. The SMILES string of the molecule is CC/C=C\C/C=C\C/C=C\C/C=C\C/C=C\C/C=C\C/C=C\C/C=C\C/C=C\C/C=C\CCCCCCCCCCCCC(=O)OC(COC(=O)CCCCCCCCCCCCCCCCCCCCCCCC/C=C\C/C=C\C/C=C\CCCCCCC)COC(OCC[N+](C)(C)C)C(=O)O. The van der Waals surface area contributed by atoms with Crippen LogP contribution < -0.4 is 0 Å². The van der Waals surface area contributed by atoms with Crippen LogP contribution in [0.3, 0.4) is 0 Å². The lowest BCUT2D eigenvalue weighted by molar-refractivity contribution is -0.870. The Hall–Kier alpha value is -5.09. The number of esters is 2. The van der Waals surface area contributed by atoms with Crippen molar-refractivity contribution in [3.05, 3.63) is 158 Å². The molecule has 0 saturated carbocycles. The number of allylic oxidation sites excluding steroid dienone is 26. The maximum atomic E-state index is 13.0. The summed E-state index contributed by atoms with van der Waals surface area (Å²) in [5.41, 5.74) is 0. The number of carboxylic acid groups (broad SMARTS) is 1. The van der Waals surface area contributed by atoms with E-state index in [9.17, 15) is 19.5 Å². The Kier molecular flexibility index (Phi) is 78.5. The number of carbonyl (C=O) groups is 3. The first-order valence-corrected chi connectivity index (χ1v) is 42.6. The van der Waals surface area contributed by atoms with E-state index in [4.69, 9.17) is 18.9 Å². The zero-order chi connectivity index (χ0) is 74.6. The predicted octanol–water partition coefficient (Wildman–Crippen LogP) is 27.9. The standard InChI is InChI=1S/C94H159NO8/c1-6-8-10-12-14-16-18-20-22-24-26-28-30-32-34-36-38-40-42-44-45-46-47-49-51-53-55-57-59-61-63-65-67-69-71-73-75-77-79-81-83-85-92(97)103-90(89-102-94(93(98)99)100-87-86-95(3,4)5)88-101-91(96)84-82-80-78-76-74-72-70-68-66-64-62-60-58-56-54-52-50-48-43-41-39-37-35-33-31-29-27-25-23-21-19-17-15-13-11-9-7-2/h8,10,14,16,19-22,25-28,31-34,38,40,44-45,47,49,53,55,59,61,90,94H,6-7,9,11-13,15,17-18,23-24,29-30,35-37,39,41-43,46,48,50-52,54,56-58,60,62-89H2,1-5H3/p+1/b10-8-,16-14-,21-19-,22-20-,27-25-,28-26-,33-31-,34-32-,40-38-,45-44-,49-47-,55-53-,61-59-. The Balaban J connectivity index is 4.05. The first-order valence-electron chi connectivity index (χ1n) is 42.6. The zero-order valence-corrected chi connectivity index (χ0v) is 67.4. The third-order valence-corrected chi connectivity index (χ3v) is 18.3. The fourth-order valence-corrected chi connectivity index (χ4v) is 11.8. The molecule has 103 heavy (non-hydrogen) atoms. The van der Waals surface area contributed by atoms with Gasteiger partial charge in [-0.15, -0.1) is 0 Å². The van der Waals surface area contributed by atoms with Crippen molar-refractivity contribution in [3.8, 4) is 0 Å². The fourth-order valence-electron chi connectivity index (χ4n) is 11.8. The lowest BCUT2D eigenvalue weighted by Gasteiger charge is -2.25. The maximum Gasteiger partial charge on any atom is 0.361 e. The van der Waals surface area contributed by atoms with Gasteiger partial charge < -0.3 is 28.5 Å². The van der Waals surface area contributed by atoms with E-state index in [0.717, 1.165) is 122 Å². The van der Waals surface area contributed by atoms with Crippen LogP contribution in [0.5, 0.6) is 0 Å². The molecule has 0 rings (SSSR count). The first kappa shape index (κ1) is 97.9. The van der Waals surface area contributed by atoms with Crippen molar-refractivity contribution in [1.82, 2.24) is 0 Å². The summed E-state index contributed by atoms with van der Waals surface area (Å²) >= 11 is 0. The Morgan fingerprint density at radius 3 is 0.825 bits per heavy atom. The van der Waals surface area contributed by atoms with Crippen molar-refractivity contribution >= 4 is 17.9 Å². The van der Waals surface area contributed by atoms with Crippen LogP contribution in [-0.4, -0.2) is 87.4 Å². The number of carboxylic acids is 1. The number of carbonyl (C=O) groups excluding carboxylic acids is 2. The third-order valence-electron chi connectivity index (χ3n) is 18.3. The molecular formula is C94H160NO8+. The smallest absolute Gasteiger partial charge is 0.361 e. The van der Waals surface area contributed by atoms with E-state index in [0.29, 0.717) is 23.9 Å². The molecule has 9 heteroatoms. The van der Waals surface area contributed by atoms with Crippen molar-refractivity contribution in [2.75, 3.05) is 47.5 Å². The van der Waals surface area contributed by atoms with Crippen molar-refractivity contribution in [2.45, 2.75) is 373 Å². The summed E-state index contributed by atoms with van der Waals surface area (Å²) in [6.45, 7) is 4.77. The van der Waals surface area contributed by atoms with Gasteiger partial charge in [-0.3, -0.25) is 9.59 Å². The molecule has 0 aliphatic heterocycles. The van der Waals surface area contributed by atoms with Gasteiger partial charge in [-0.2, -0.15) is 0 Å². The summed E-state index contributed by atoms with van der Waals surface area (Å²) in [6, 6.07) is 0. The van der Waals surface area contributed by atoms with Gasteiger partial charge in [-0.25, -0.2) is 4.79 Å². The van der Waals surface area contributed by atoms with Crippen LogP contribution >= 0.6 is 0 Å². The highest BCUT2D eigenvalue weighted by atomic mass is 16.7. The van der Waals surface area contributed by atoms with E-state index in [1.54, 1.807) is 0 Å². The lowest BCUT2D eigenvalue weighted by Crippen LogP contribution is -2.40. The van der Waals surface area contributed by atoms with Gasteiger partial charge in [0.25, 0.3) is 6.29 Å². The van der Waals surface area contributed by atoms with Gasteiger partial charge in [0.2, 0.25) is 0 Å². The highest BCUT2D eigenvalue weighted by Crippen LogP contribution is 2.18. The van der Waals surface area contributed by atoms with Gasteiger partial charge in [-0.05, 0) is 128 Å². The maximum absolute atomic E-state index is 13.0. The van der Waals surface area contributed by atoms with E-state index < -0.39 is 24.3 Å². The predicted molar refractivity (Wildman–Crippen MR) is 447 cm³/mol. The van der Waals surface area contributed by atoms with Gasteiger partial charge in [0.05, 0.1) is 34.4 Å². The molecule has 0 aliphatic carbocycles. The zero-order valence-electron chi connectivity index (χ0n) is 67.4. The Morgan fingerprint density at radius 2 is 0.553 bits per heavy atom. The number of hydrogen-bond acceptors (Lipinski definition) is 7. The number of nitrogens with zero attached hydrogens (tertiary/aromatic N) is 1.